The number of esters is 1. The Morgan fingerprint density at radius 2 is 1.81 bits per heavy atom. The predicted molar refractivity (Wildman–Crippen MR) is 104 cm³/mol. The lowest BCUT2D eigenvalue weighted by molar-refractivity contribution is 0.0526. The standard InChI is InChI=1S/C20H17ClN2O4/c1-3-27-20(26)13-4-7-15(8-5-13)22-19(25)17-11-23(12(2)24)18-9-6-14(21)10-16(17)18/h4-11H,3H2,1-2H3,(H,22,25). The molecule has 2 aromatic carbocycles. The average Bonchev–Trinajstić information content (AvgIpc) is 3.01. The summed E-state index contributed by atoms with van der Waals surface area (Å²) in [5, 5.41) is 3.81. The van der Waals surface area contributed by atoms with Crippen molar-refractivity contribution in [1.82, 2.24) is 4.57 Å². The summed E-state index contributed by atoms with van der Waals surface area (Å²) in [4.78, 5) is 36.3. The molecule has 0 saturated carbocycles. The first-order chi connectivity index (χ1) is 12.9. The first-order valence-corrected chi connectivity index (χ1v) is 8.68. The van der Waals surface area contributed by atoms with Crippen LogP contribution in [0.5, 0.6) is 0 Å². The lowest BCUT2D eigenvalue weighted by Gasteiger charge is -2.06. The van der Waals surface area contributed by atoms with E-state index in [9.17, 15) is 14.4 Å². The van der Waals surface area contributed by atoms with E-state index >= 15 is 0 Å². The highest BCUT2D eigenvalue weighted by Crippen LogP contribution is 2.26. The molecule has 3 rings (SSSR count). The predicted octanol–water partition coefficient (Wildman–Crippen LogP) is 4.38. The zero-order chi connectivity index (χ0) is 19.6. The molecule has 0 aliphatic rings. The second-order valence-corrected chi connectivity index (χ2v) is 6.28. The molecule has 0 radical (unpaired) electrons. The van der Waals surface area contributed by atoms with Gasteiger partial charge < -0.3 is 10.1 Å². The number of hydrogen-bond donors (Lipinski definition) is 1. The average molecular weight is 385 g/mol. The highest BCUT2D eigenvalue weighted by Gasteiger charge is 2.17. The minimum atomic E-state index is -0.422. The number of nitrogens with zero attached hydrogens (tertiary/aromatic N) is 1. The maximum Gasteiger partial charge on any atom is 0.338 e. The van der Waals surface area contributed by atoms with Gasteiger partial charge in [-0.3, -0.25) is 14.2 Å². The number of benzene rings is 2. The van der Waals surface area contributed by atoms with E-state index in [0.717, 1.165) is 0 Å². The Kier molecular flexibility index (Phi) is 5.28. The van der Waals surface area contributed by atoms with Gasteiger partial charge in [0, 0.05) is 29.2 Å². The number of rotatable bonds is 4. The van der Waals surface area contributed by atoms with Crippen molar-refractivity contribution >= 4 is 46.0 Å². The van der Waals surface area contributed by atoms with E-state index < -0.39 is 5.97 Å². The summed E-state index contributed by atoms with van der Waals surface area (Å²) < 4.78 is 6.34. The fraction of sp³-hybridized carbons (Fsp3) is 0.150. The van der Waals surface area contributed by atoms with Gasteiger partial charge in [-0.05, 0) is 49.4 Å². The van der Waals surface area contributed by atoms with E-state index in [0.29, 0.717) is 39.3 Å². The summed E-state index contributed by atoms with van der Waals surface area (Å²) in [6.07, 6.45) is 1.49. The minimum Gasteiger partial charge on any atom is -0.462 e. The van der Waals surface area contributed by atoms with Gasteiger partial charge >= 0.3 is 5.97 Å². The molecule has 3 aromatic rings. The van der Waals surface area contributed by atoms with E-state index in [1.54, 1.807) is 49.4 Å². The van der Waals surface area contributed by atoms with Crippen molar-refractivity contribution in [3.8, 4) is 0 Å². The van der Waals surface area contributed by atoms with E-state index in [4.69, 9.17) is 16.3 Å². The van der Waals surface area contributed by atoms with E-state index in [1.165, 1.54) is 17.7 Å². The van der Waals surface area contributed by atoms with Gasteiger partial charge in [-0.15, -0.1) is 0 Å². The van der Waals surface area contributed by atoms with Gasteiger partial charge in [-0.1, -0.05) is 11.6 Å². The summed E-state index contributed by atoms with van der Waals surface area (Å²) in [7, 11) is 0. The highest BCUT2D eigenvalue weighted by atomic mass is 35.5. The summed E-state index contributed by atoms with van der Waals surface area (Å²) >= 11 is 6.05. The smallest absolute Gasteiger partial charge is 0.338 e. The lowest BCUT2D eigenvalue weighted by Crippen LogP contribution is -2.12. The topological polar surface area (TPSA) is 77.4 Å². The number of aromatic nitrogens is 1. The van der Waals surface area contributed by atoms with Gasteiger partial charge in [0.15, 0.2) is 0 Å². The summed E-state index contributed by atoms with van der Waals surface area (Å²) in [6.45, 7) is 3.44. The summed E-state index contributed by atoms with van der Waals surface area (Å²) in [5.41, 5.74) is 1.85. The van der Waals surface area contributed by atoms with Crippen LogP contribution in [-0.2, 0) is 4.74 Å². The van der Waals surface area contributed by atoms with E-state index in [1.807, 2.05) is 0 Å². The van der Waals surface area contributed by atoms with E-state index in [2.05, 4.69) is 5.32 Å². The monoisotopic (exact) mass is 384 g/mol. The molecule has 1 heterocycles. The molecule has 0 saturated heterocycles. The van der Waals surface area contributed by atoms with Crippen LogP contribution in [0.4, 0.5) is 5.69 Å². The van der Waals surface area contributed by atoms with E-state index in [-0.39, 0.29) is 11.8 Å². The molecule has 0 fully saturated rings. The van der Waals surface area contributed by atoms with Crippen molar-refractivity contribution in [2.75, 3.05) is 11.9 Å². The molecule has 0 aliphatic heterocycles. The van der Waals surface area contributed by atoms with Crippen molar-refractivity contribution < 1.29 is 19.1 Å². The number of nitrogens with one attached hydrogen (secondary N) is 1. The van der Waals surface area contributed by atoms with Crippen LogP contribution in [0.15, 0.2) is 48.7 Å². The third-order valence-corrected chi connectivity index (χ3v) is 4.24. The van der Waals surface area contributed by atoms with Crippen molar-refractivity contribution in [3.05, 3.63) is 64.8 Å². The van der Waals surface area contributed by atoms with Crippen molar-refractivity contribution in [1.29, 1.82) is 0 Å². The number of fused-ring (bicyclic) bond motifs is 1. The van der Waals surface area contributed by atoms with Gasteiger partial charge in [0.05, 0.1) is 23.3 Å². The molecular weight excluding hydrogens is 368 g/mol. The zero-order valence-electron chi connectivity index (χ0n) is 14.8. The van der Waals surface area contributed by atoms with Gasteiger partial charge in [-0.2, -0.15) is 0 Å². The van der Waals surface area contributed by atoms with Crippen molar-refractivity contribution in [3.63, 3.8) is 0 Å². The first kappa shape index (κ1) is 18.7. The first-order valence-electron chi connectivity index (χ1n) is 8.30. The Bertz CT molecular complexity index is 1040. The van der Waals surface area contributed by atoms with Crippen LogP contribution in [0.1, 0.15) is 39.4 Å². The number of hydrogen-bond acceptors (Lipinski definition) is 4. The molecule has 138 valence electrons. The molecule has 6 nitrogen and oxygen atoms in total. The number of ether oxygens (including phenoxy) is 1. The van der Waals surface area contributed by atoms with Crippen LogP contribution >= 0.6 is 11.6 Å². The molecule has 7 heteroatoms. The van der Waals surface area contributed by atoms with Gasteiger partial charge in [0.1, 0.15) is 0 Å². The minimum absolute atomic E-state index is 0.208. The molecule has 1 N–H and O–H groups in total. The lowest BCUT2D eigenvalue weighted by atomic mass is 10.1. The summed E-state index contributed by atoms with van der Waals surface area (Å²) in [6, 6.07) is 11.4. The van der Waals surface area contributed by atoms with Crippen LogP contribution < -0.4 is 5.32 Å². The molecule has 0 bridgehead atoms. The van der Waals surface area contributed by atoms with Gasteiger partial charge in [-0.25, -0.2) is 4.79 Å². The molecule has 1 aromatic heterocycles. The van der Waals surface area contributed by atoms with Gasteiger partial charge in [0.2, 0.25) is 5.91 Å². The van der Waals surface area contributed by atoms with Crippen LogP contribution in [0, 0.1) is 0 Å². The zero-order valence-corrected chi connectivity index (χ0v) is 15.5. The fourth-order valence-corrected chi connectivity index (χ4v) is 2.92. The van der Waals surface area contributed by atoms with Crippen LogP contribution in [0.2, 0.25) is 5.02 Å². The third-order valence-electron chi connectivity index (χ3n) is 4.00. The maximum absolute atomic E-state index is 12.7. The fourth-order valence-electron chi connectivity index (χ4n) is 2.75. The Balaban J connectivity index is 1.89. The SMILES string of the molecule is CCOC(=O)c1ccc(NC(=O)c2cn(C(C)=O)c3ccc(Cl)cc23)cc1. The number of halogens is 1. The Labute approximate surface area is 160 Å². The normalized spacial score (nSPS) is 10.6. The number of carbonyl (C=O) groups excluding carboxylic acids is 3. The Morgan fingerprint density at radius 3 is 2.44 bits per heavy atom. The Hall–Kier alpha value is -3.12. The Morgan fingerprint density at radius 1 is 1.11 bits per heavy atom. The van der Waals surface area contributed by atoms with Crippen LogP contribution in [0.3, 0.4) is 0 Å². The molecular formula is C20H17ClN2O4. The maximum atomic E-state index is 12.7. The molecule has 0 spiro atoms. The molecule has 0 atom stereocenters. The number of anilines is 1. The quantitative estimate of drug-likeness (QED) is 0.677. The molecule has 0 unspecified atom stereocenters. The summed E-state index contributed by atoms with van der Waals surface area (Å²) in [5.74, 6) is -1.01. The molecule has 1 amide bonds. The van der Waals surface area contributed by atoms with Crippen molar-refractivity contribution in [2.24, 2.45) is 0 Å². The second-order valence-electron chi connectivity index (χ2n) is 5.85. The van der Waals surface area contributed by atoms with Crippen LogP contribution in [-0.4, -0.2) is 29.0 Å². The van der Waals surface area contributed by atoms with Crippen LogP contribution in [0.25, 0.3) is 10.9 Å². The number of carbonyl (C=O) groups is 3. The third kappa shape index (κ3) is 3.85. The second kappa shape index (κ2) is 7.63. The molecule has 27 heavy (non-hydrogen) atoms. The molecule has 0 aliphatic carbocycles. The van der Waals surface area contributed by atoms with Crippen molar-refractivity contribution in [2.45, 2.75) is 13.8 Å². The number of amides is 1. The van der Waals surface area contributed by atoms with Gasteiger partial charge in [0.25, 0.3) is 5.91 Å². The highest BCUT2D eigenvalue weighted by molar-refractivity contribution is 6.31. The largest absolute Gasteiger partial charge is 0.462 e.